The summed E-state index contributed by atoms with van der Waals surface area (Å²) in [6, 6.07) is 0. The number of Topliss-reactive ketones (excluding diaryl/α,β-unsaturated/α-hetero) is 1. The summed E-state index contributed by atoms with van der Waals surface area (Å²) in [5.41, 5.74) is 0. The molecule has 0 atom stereocenters. The third-order valence-electron chi connectivity index (χ3n) is 4.78. The lowest BCUT2D eigenvalue weighted by atomic mass is 10.2. The van der Waals surface area contributed by atoms with Crippen LogP contribution in [0.1, 0.15) is 59.3 Å². The van der Waals surface area contributed by atoms with Crippen LogP contribution in [0.25, 0.3) is 0 Å². The zero-order valence-corrected chi connectivity index (χ0v) is 16.2. The zero-order chi connectivity index (χ0) is 16.6. The monoisotopic (exact) mass is 326 g/mol. The zero-order valence-electron chi connectivity index (χ0n) is 15.2. The molecular weight excluding hydrogens is 292 g/mol. The molecule has 0 aliphatic carbocycles. The van der Waals surface area contributed by atoms with E-state index in [9.17, 15) is 4.79 Å². The van der Waals surface area contributed by atoms with Crippen molar-refractivity contribution in [3.8, 4) is 0 Å². The molecule has 0 aromatic carbocycles. The normalized spacial score (nSPS) is 17.2. The molecule has 1 rings (SSSR count). The standard InChI is InChI=1S/C17H34N2O2Si/c1-17(2,3)22(4,5)21-15-11-16(20)10-9-12-18-19-13-7-6-8-14-19/h12H,6-11,13-15H2,1-5H3. The van der Waals surface area contributed by atoms with Gasteiger partial charge in [-0.2, -0.15) is 5.10 Å². The fraction of sp³-hybridized carbons (Fsp3) is 0.882. The van der Waals surface area contributed by atoms with Crippen molar-refractivity contribution in [2.24, 2.45) is 5.10 Å². The molecule has 1 heterocycles. The van der Waals surface area contributed by atoms with Crippen molar-refractivity contribution in [3.63, 3.8) is 0 Å². The van der Waals surface area contributed by atoms with Crippen molar-refractivity contribution in [1.82, 2.24) is 5.01 Å². The van der Waals surface area contributed by atoms with Crippen molar-refractivity contribution in [2.45, 2.75) is 77.4 Å². The fourth-order valence-electron chi connectivity index (χ4n) is 2.15. The van der Waals surface area contributed by atoms with Gasteiger partial charge >= 0.3 is 0 Å². The van der Waals surface area contributed by atoms with E-state index in [-0.39, 0.29) is 10.8 Å². The second kappa shape index (κ2) is 8.82. The molecule has 0 radical (unpaired) electrons. The molecule has 0 spiro atoms. The van der Waals surface area contributed by atoms with E-state index in [2.05, 4.69) is 44.0 Å². The first-order chi connectivity index (χ1) is 10.2. The van der Waals surface area contributed by atoms with E-state index in [0.29, 0.717) is 19.4 Å². The van der Waals surface area contributed by atoms with E-state index in [1.807, 2.05) is 6.21 Å². The number of piperidine rings is 1. The molecule has 0 unspecified atom stereocenters. The van der Waals surface area contributed by atoms with Crippen LogP contribution in [0.5, 0.6) is 0 Å². The Balaban J connectivity index is 2.14. The summed E-state index contributed by atoms with van der Waals surface area (Å²) >= 11 is 0. The maximum absolute atomic E-state index is 11.9. The predicted molar refractivity (Wildman–Crippen MR) is 95.9 cm³/mol. The van der Waals surface area contributed by atoms with Gasteiger partial charge in [0, 0.05) is 38.8 Å². The molecule has 0 amide bonds. The number of ketones is 1. The highest BCUT2D eigenvalue weighted by Crippen LogP contribution is 2.36. The quantitative estimate of drug-likeness (QED) is 0.495. The first kappa shape index (κ1) is 19.4. The lowest BCUT2D eigenvalue weighted by Crippen LogP contribution is -2.41. The lowest BCUT2D eigenvalue weighted by Gasteiger charge is -2.36. The van der Waals surface area contributed by atoms with Gasteiger partial charge in [0.2, 0.25) is 0 Å². The molecule has 0 saturated carbocycles. The van der Waals surface area contributed by atoms with Gasteiger partial charge in [0.25, 0.3) is 0 Å². The van der Waals surface area contributed by atoms with Gasteiger partial charge in [-0.25, -0.2) is 0 Å². The van der Waals surface area contributed by atoms with Crippen LogP contribution in [-0.2, 0) is 9.22 Å². The van der Waals surface area contributed by atoms with E-state index in [1.54, 1.807) is 0 Å². The van der Waals surface area contributed by atoms with E-state index >= 15 is 0 Å². The first-order valence-corrected chi connectivity index (χ1v) is 11.6. The summed E-state index contributed by atoms with van der Waals surface area (Å²) < 4.78 is 6.04. The van der Waals surface area contributed by atoms with Gasteiger partial charge in [-0.05, 0) is 43.8 Å². The number of carbonyl (C=O) groups is 1. The topological polar surface area (TPSA) is 41.9 Å². The van der Waals surface area contributed by atoms with E-state index in [0.717, 1.165) is 19.5 Å². The van der Waals surface area contributed by atoms with Crippen LogP contribution >= 0.6 is 0 Å². The lowest BCUT2D eigenvalue weighted by molar-refractivity contribution is -0.119. The number of nitrogens with zero attached hydrogens (tertiary/aromatic N) is 2. The molecule has 0 aromatic heterocycles. The maximum atomic E-state index is 11.9. The highest BCUT2D eigenvalue weighted by Gasteiger charge is 2.36. The van der Waals surface area contributed by atoms with Crippen LogP contribution in [0.2, 0.25) is 18.1 Å². The second-order valence-electron chi connectivity index (χ2n) is 7.75. The third-order valence-corrected chi connectivity index (χ3v) is 9.32. The molecule has 1 saturated heterocycles. The average Bonchev–Trinajstić information content (AvgIpc) is 2.43. The van der Waals surface area contributed by atoms with E-state index < -0.39 is 8.32 Å². The highest BCUT2D eigenvalue weighted by molar-refractivity contribution is 6.74. The van der Waals surface area contributed by atoms with E-state index in [1.165, 1.54) is 19.3 Å². The summed E-state index contributed by atoms with van der Waals surface area (Å²) in [6.07, 6.45) is 7.55. The van der Waals surface area contributed by atoms with Crippen molar-refractivity contribution >= 4 is 20.3 Å². The number of rotatable bonds is 8. The van der Waals surface area contributed by atoms with Crippen molar-refractivity contribution in [3.05, 3.63) is 0 Å². The van der Waals surface area contributed by atoms with E-state index in [4.69, 9.17) is 4.43 Å². The molecule has 5 heteroatoms. The minimum atomic E-state index is -1.72. The Hall–Kier alpha value is -0.683. The average molecular weight is 327 g/mol. The molecular formula is C17H34N2O2Si. The summed E-state index contributed by atoms with van der Waals surface area (Å²) in [4.78, 5) is 11.9. The Kier molecular flexibility index (Phi) is 7.76. The Morgan fingerprint density at radius 1 is 1.18 bits per heavy atom. The molecule has 0 N–H and O–H groups in total. The largest absolute Gasteiger partial charge is 0.416 e. The Bertz CT molecular complexity index is 369. The molecule has 22 heavy (non-hydrogen) atoms. The van der Waals surface area contributed by atoms with Crippen molar-refractivity contribution < 1.29 is 9.22 Å². The smallest absolute Gasteiger partial charge is 0.191 e. The first-order valence-electron chi connectivity index (χ1n) is 8.65. The van der Waals surface area contributed by atoms with Crippen molar-refractivity contribution in [2.75, 3.05) is 19.7 Å². The molecule has 1 aliphatic heterocycles. The van der Waals surface area contributed by atoms with Crippen molar-refractivity contribution in [1.29, 1.82) is 0 Å². The van der Waals surface area contributed by atoms with Crippen LogP contribution in [0.15, 0.2) is 5.10 Å². The van der Waals surface area contributed by atoms with Gasteiger partial charge < -0.3 is 4.43 Å². The minimum Gasteiger partial charge on any atom is -0.416 e. The molecule has 0 bridgehead atoms. The van der Waals surface area contributed by atoms with Crippen LogP contribution in [-0.4, -0.2) is 45.0 Å². The van der Waals surface area contributed by atoms with Crippen LogP contribution in [0, 0.1) is 0 Å². The third kappa shape index (κ3) is 7.05. The fourth-order valence-corrected chi connectivity index (χ4v) is 3.20. The molecule has 4 nitrogen and oxygen atoms in total. The Morgan fingerprint density at radius 3 is 2.41 bits per heavy atom. The van der Waals surface area contributed by atoms with Gasteiger partial charge in [0.05, 0.1) is 0 Å². The summed E-state index contributed by atoms with van der Waals surface area (Å²) in [7, 11) is -1.72. The van der Waals surface area contributed by atoms with Crippen LogP contribution < -0.4 is 0 Å². The summed E-state index contributed by atoms with van der Waals surface area (Å²) in [6.45, 7) is 13.8. The second-order valence-corrected chi connectivity index (χ2v) is 12.6. The Morgan fingerprint density at radius 2 is 1.82 bits per heavy atom. The Labute approximate surface area is 137 Å². The van der Waals surface area contributed by atoms with Gasteiger partial charge in [-0.3, -0.25) is 9.80 Å². The molecule has 1 fully saturated rings. The molecule has 1 aliphatic rings. The van der Waals surface area contributed by atoms with Gasteiger partial charge in [0.1, 0.15) is 5.78 Å². The summed E-state index contributed by atoms with van der Waals surface area (Å²) in [5, 5.41) is 6.76. The maximum Gasteiger partial charge on any atom is 0.191 e. The number of hydrazone groups is 1. The predicted octanol–water partition coefficient (Wildman–Crippen LogP) is 4.22. The minimum absolute atomic E-state index is 0.206. The number of carbonyl (C=O) groups excluding carboxylic acids is 1. The highest BCUT2D eigenvalue weighted by atomic mass is 28.4. The van der Waals surface area contributed by atoms with Gasteiger partial charge in [-0.1, -0.05) is 20.8 Å². The van der Waals surface area contributed by atoms with Gasteiger partial charge in [0.15, 0.2) is 8.32 Å². The summed E-state index contributed by atoms with van der Waals surface area (Å²) in [5.74, 6) is 0.281. The van der Waals surface area contributed by atoms with Gasteiger partial charge in [-0.15, -0.1) is 0 Å². The molecule has 0 aromatic rings. The SMILES string of the molecule is CC(C)(C)[Si](C)(C)OCCC(=O)CCC=NN1CCCCC1. The number of hydrogen-bond acceptors (Lipinski definition) is 4. The number of hydrogen-bond donors (Lipinski definition) is 0. The van der Waals surface area contributed by atoms with Crippen LogP contribution in [0.4, 0.5) is 0 Å². The molecule has 128 valence electrons. The van der Waals surface area contributed by atoms with Crippen LogP contribution in [0.3, 0.4) is 0 Å².